The van der Waals surface area contributed by atoms with Gasteiger partial charge in [0.2, 0.25) is 5.91 Å². The van der Waals surface area contributed by atoms with E-state index in [1.807, 2.05) is 32.9 Å². The molecule has 0 radical (unpaired) electrons. The van der Waals surface area contributed by atoms with Gasteiger partial charge in [0.15, 0.2) is 0 Å². The first-order chi connectivity index (χ1) is 10.0. The van der Waals surface area contributed by atoms with Gasteiger partial charge in [-0.15, -0.1) is 0 Å². The first-order valence-corrected chi connectivity index (χ1v) is 7.30. The van der Waals surface area contributed by atoms with E-state index in [0.717, 1.165) is 23.1 Å². The lowest BCUT2D eigenvalue weighted by atomic mass is 9.89. The Balaban J connectivity index is 1.99. The molecule has 0 fully saturated rings. The number of hydrogen-bond donors (Lipinski definition) is 1. The van der Waals surface area contributed by atoms with E-state index in [1.54, 1.807) is 12.4 Å². The van der Waals surface area contributed by atoms with Crippen LogP contribution in [0.5, 0.6) is 0 Å². The quantitative estimate of drug-likeness (QED) is 0.906. The third-order valence-corrected chi connectivity index (χ3v) is 3.92. The summed E-state index contributed by atoms with van der Waals surface area (Å²) in [5.41, 5.74) is 3.10. The van der Waals surface area contributed by atoms with Gasteiger partial charge in [0, 0.05) is 24.4 Å². The minimum atomic E-state index is -0.309. The summed E-state index contributed by atoms with van der Waals surface area (Å²) in [6, 6.07) is 12.2. The van der Waals surface area contributed by atoms with Crippen LogP contribution in [0.3, 0.4) is 0 Å². The number of aromatic nitrogens is 1. The minimum absolute atomic E-state index is 0.100. The van der Waals surface area contributed by atoms with E-state index in [2.05, 4.69) is 34.6 Å². The van der Waals surface area contributed by atoms with E-state index in [-0.39, 0.29) is 11.3 Å². The fourth-order valence-corrected chi connectivity index (χ4v) is 1.94. The Hall–Kier alpha value is -2.16. The van der Waals surface area contributed by atoms with E-state index in [1.165, 1.54) is 0 Å². The van der Waals surface area contributed by atoms with Crippen molar-refractivity contribution in [2.45, 2.75) is 33.7 Å². The first-order valence-electron chi connectivity index (χ1n) is 7.30. The average Bonchev–Trinajstić information content (AvgIpc) is 2.54. The Morgan fingerprint density at radius 3 is 2.19 bits per heavy atom. The van der Waals surface area contributed by atoms with E-state index in [9.17, 15) is 4.79 Å². The standard InChI is InChI=1S/C18H22N2O/c1-4-18(2,3)17(21)20-13-14-5-7-15(8-6-14)16-9-11-19-12-10-16/h5-12H,4,13H2,1-3H3,(H,20,21). The molecule has 1 aromatic carbocycles. The molecule has 1 amide bonds. The van der Waals surface area contributed by atoms with Crippen molar-refractivity contribution < 1.29 is 4.79 Å². The molecule has 0 aliphatic rings. The van der Waals surface area contributed by atoms with Gasteiger partial charge in [-0.05, 0) is 35.2 Å². The normalized spacial score (nSPS) is 11.2. The maximum Gasteiger partial charge on any atom is 0.225 e. The van der Waals surface area contributed by atoms with E-state index < -0.39 is 0 Å². The monoisotopic (exact) mass is 282 g/mol. The summed E-state index contributed by atoms with van der Waals surface area (Å²) in [7, 11) is 0. The van der Waals surface area contributed by atoms with Crippen molar-refractivity contribution >= 4 is 5.91 Å². The summed E-state index contributed by atoms with van der Waals surface area (Å²) in [4.78, 5) is 16.1. The Bertz CT molecular complexity index is 588. The number of amides is 1. The average molecular weight is 282 g/mol. The van der Waals surface area contributed by atoms with Gasteiger partial charge in [0.05, 0.1) is 0 Å². The number of carbonyl (C=O) groups excluding carboxylic acids is 1. The third-order valence-electron chi connectivity index (χ3n) is 3.92. The largest absolute Gasteiger partial charge is 0.352 e. The van der Waals surface area contributed by atoms with Crippen LogP contribution < -0.4 is 5.32 Å². The number of pyridine rings is 1. The summed E-state index contributed by atoms with van der Waals surface area (Å²) in [5, 5.41) is 3.00. The number of nitrogens with one attached hydrogen (secondary N) is 1. The van der Waals surface area contributed by atoms with Crippen LogP contribution in [-0.2, 0) is 11.3 Å². The molecular formula is C18H22N2O. The summed E-state index contributed by atoms with van der Waals surface area (Å²) >= 11 is 0. The van der Waals surface area contributed by atoms with Gasteiger partial charge in [0.25, 0.3) is 0 Å². The highest BCUT2D eigenvalue weighted by atomic mass is 16.2. The number of nitrogens with zero attached hydrogens (tertiary/aromatic N) is 1. The van der Waals surface area contributed by atoms with Crippen LogP contribution in [-0.4, -0.2) is 10.9 Å². The molecule has 0 spiro atoms. The van der Waals surface area contributed by atoms with Gasteiger partial charge in [0.1, 0.15) is 0 Å². The van der Waals surface area contributed by atoms with Gasteiger partial charge in [-0.1, -0.05) is 45.0 Å². The number of rotatable bonds is 5. The molecule has 0 unspecified atom stereocenters. The summed E-state index contributed by atoms with van der Waals surface area (Å²) in [6.07, 6.45) is 4.41. The van der Waals surface area contributed by atoms with Crippen LogP contribution in [0.25, 0.3) is 11.1 Å². The Morgan fingerprint density at radius 2 is 1.62 bits per heavy atom. The zero-order valence-corrected chi connectivity index (χ0v) is 12.9. The molecule has 1 aromatic heterocycles. The van der Waals surface area contributed by atoms with Crippen molar-refractivity contribution in [2.75, 3.05) is 0 Å². The second kappa shape index (κ2) is 6.53. The molecule has 2 rings (SSSR count). The molecule has 0 atom stereocenters. The van der Waals surface area contributed by atoms with Crippen molar-refractivity contribution in [3.05, 3.63) is 54.4 Å². The zero-order valence-electron chi connectivity index (χ0n) is 12.9. The summed E-state index contributed by atoms with van der Waals surface area (Å²) in [5.74, 6) is 0.100. The lowest BCUT2D eigenvalue weighted by Crippen LogP contribution is -2.35. The molecule has 1 heterocycles. The lowest BCUT2D eigenvalue weighted by Gasteiger charge is -2.21. The van der Waals surface area contributed by atoms with Gasteiger partial charge in [-0.2, -0.15) is 0 Å². The van der Waals surface area contributed by atoms with Crippen molar-refractivity contribution in [3.63, 3.8) is 0 Å². The van der Waals surface area contributed by atoms with Crippen LogP contribution >= 0.6 is 0 Å². The second-order valence-electron chi connectivity index (χ2n) is 5.85. The summed E-state index contributed by atoms with van der Waals surface area (Å²) < 4.78 is 0. The zero-order chi connectivity index (χ0) is 15.3. The van der Waals surface area contributed by atoms with Crippen LogP contribution in [0.2, 0.25) is 0 Å². The fraction of sp³-hybridized carbons (Fsp3) is 0.333. The SMILES string of the molecule is CCC(C)(C)C(=O)NCc1ccc(-c2ccncc2)cc1. The van der Waals surface area contributed by atoms with Crippen molar-refractivity contribution in [1.29, 1.82) is 0 Å². The Morgan fingerprint density at radius 1 is 1.05 bits per heavy atom. The lowest BCUT2D eigenvalue weighted by molar-refractivity contribution is -0.129. The third kappa shape index (κ3) is 3.91. The number of hydrogen-bond acceptors (Lipinski definition) is 2. The maximum atomic E-state index is 12.0. The van der Waals surface area contributed by atoms with Gasteiger partial charge >= 0.3 is 0 Å². The molecule has 3 heteroatoms. The molecule has 2 aromatic rings. The molecule has 1 N–H and O–H groups in total. The predicted molar refractivity (Wildman–Crippen MR) is 85.6 cm³/mol. The highest BCUT2D eigenvalue weighted by Gasteiger charge is 2.24. The molecule has 21 heavy (non-hydrogen) atoms. The fourth-order valence-electron chi connectivity index (χ4n) is 1.94. The van der Waals surface area contributed by atoms with Crippen molar-refractivity contribution in [2.24, 2.45) is 5.41 Å². The highest BCUT2D eigenvalue weighted by Crippen LogP contribution is 2.21. The van der Waals surface area contributed by atoms with Crippen molar-refractivity contribution in [3.8, 4) is 11.1 Å². The van der Waals surface area contributed by atoms with Gasteiger partial charge < -0.3 is 5.32 Å². The second-order valence-corrected chi connectivity index (χ2v) is 5.85. The van der Waals surface area contributed by atoms with E-state index >= 15 is 0 Å². The minimum Gasteiger partial charge on any atom is -0.352 e. The van der Waals surface area contributed by atoms with Gasteiger partial charge in [-0.25, -0.2) is 0 Å². The first kappa shape index (κ1) is 15.2. The van der Waals surface area contributed by atoms with Crippen LogP contribution in [0.15, 0.2) is 48.8 Å². The number of carbonyl (C=O) groups is 1. The predicted octanol–water partition coefficient (Wildman–Crippen LogP) is 3.80. The molecule has 110 valence electrons. The Labute approximate surface area is 126 Å². The molecule has 0 aliphatic heterocycles. The topological polar surface area (TPSA) is 42.0 Å². The number of benzene rings is 1. The molecule has 3 nitrogen and oxygen atoms in total. The van der Waals surface area contributed by atoms with Crippen LogP contribution in [0.4, 0.5) is 0 Å². The molecule has 0 saturated carbocycles. The molecule has 0 aliphatic carbocycles. The smallest absolute Gasteiger partial charge is 0.225 e. The molecule has 0 saturated heterocycles. The maximum absolute atomic E-state index is 12.0. The van der Waals surface area contributed by atoms with E-state index in [4.69, 9.17) is 0 Å². The molecular weight excluding hydrogens is 260 g/mol. The van der Waals surface area contributed by atoms with Crippen LogP contribution in [0, 0.1) is 5.41 Å². The summed E-state index contributed by atoms with van der Waals surface area (Å²) in [6.45, 7) is 6.53. The van der Waals surface area contributed by atoms with Crippen LogP contribution in [0.1, 0.15) is 32.8 Å². The van der Waals surface area contributed by atoms with Gasteiger partial charge in [-0.3, -0.25) is 9.78 Å². The van der Waals surface area contributed by atoms with E-state index in [0.29, 0.717) is 6.54 Å². The van der Waals surface area contributed by atoms with Crippen molar-refractivity contribution in [1.82, 2.24) is 10.3 Å². The molecule has 0 bridgehead atoms. The Kier molecular flexibility index (Phi) is 4.73. The highest BCUT2D eigenvalue weighted by molar-refractivity contribution is 5.81.